The average Bonchev–Trinajstić information content (AvgIpc) is 3.14. The molecule has 0 spiro atoms. The van der Waals surface area contributed by atoms with Crippen LogP contribution in [0.4, 0.5) is 14.9 Å². The molecule has 0 saturated heterocycles. The van der Waals surface area contributed by atoms with Crippen molar-refractivity contribution in [3.05, 3.63) is 66.2 Å². The van der Waals surface area contributed by atoms with Gasteiger partial charge >= 0.3 is 6.03 Å². The maximum Gasteiger partial charge on any atom is 0.319 e. The number of ether oxygens (including phenoxy) is 1. The van der Waals surface area contributed by atoms with Crippen LogP contribution < -0.4 is 15.4 Å². The molecule has 0 unspecified atom stereocenters. The van der Waals surface area contributed by atoms with Gasteiger partial charge in [0.25, 0.3) is 0 Å². The second-order valence-electron chi connectivity index (χ2n) is 5.34. The maximum atomic E-state index is 14.2. The van der Waals surface area contributed by atoms with E-state index in [1.54, 1.807) is 25.4 Å². The highest BCUT2D eigenvalue weighted by atomic mass is 19.1. The number of hydrogen-bond donors (Lipinski definition) is 3. The number of H-pyrrole nitrogens is 1. The maximum absolute atomic E-state index is 14.2. The van der Waals surface area contributed by atoms with E-state index in [1.165, 1.54) is 12.3 Å². The molecule has 0 atom stereocenters. The van der Waals surface area contributed by atoms with Crippen molar-refractivity contribution in [2.24, 2.45) is 0 Å². The molecule has 1 heterocycles. The summed E-state index contributed by atoms with van der Waals surface area (Å²) >= 11 is 0. The lowest BCUT2D eigenvalue weighted by molar-refractivity contribution is 0.251. The highest BCUT2D eigenvalue weighted by Crippen LogP contribution is 2.24. The van der Waals surface area contributed by atoms with Crippen molar-refractivity contribution in [1.29, 1.82) is 0 Å². The molecule has 0 saturated carbocycles. The molecule has 0 aliphatic rings. The van der Waals surface area contributed by atoms with E-state index in [9.17, 15) is 9.18 Å². The lowest BCUT2D eigenvalue weighted by Crippen LogP contribution is -2.28. The molecule has 7 heteroatoms. The van der Waals surface area contributed by atoms with E-state index in [4.69, 9.17) is 4.74 Å². The summed E-state index contributed by atoms with van der Waals surface area (Å²) in [5.74, 6) is 0.281. The van der Waals surface area contributed by atoms with Crippen LogP contribution in [0.15, 0.2) is 54.9 Å². The molecule has 2 aromatic carbocycles. The summed E-state index contributed by atoms with van der Waals surface area (Å²) < 4.78 is 19.3. The quantitative estimate of drug-likeness (QED) is 0.664. The van der Waals surface area contributed by atoms with Crippen LogP contribution in [0.2, 0.25) is 0 Å². The number of amides is 2. The first-order valence-corrected chi connectivity index (χ1v) is 7.62. The predicted molar refractivity (Wildman–Crippen MR) is 92.8 cm³/mol. The van der Waals surface area contributed by atoms with Crippen LogP contribution in [0.5, 0.6) is 5.75 Å². The Balaban J connectivity index is 1.60. The monoisotopic (exact) mass is 340 g/mol. The minimum Gasteiger partial charge on any atom is -0.497 e. The van der Waals surface area contributed by atoms with Gasteiger partial charge in [0.2, 0.25) is 0 Å². The molecule has 0 fully saturated rings. The molecule has 0 bridgehead atoms. The molecule has 3 N–H and O–H groups in total. The van der Waals surface area contributed by atoms with Gasteiger partial charge < -0.3 is 15.4 Å². The van der Waals surface area contributed by atoms with Crippen LogP contribution in [-0.4, -0.2) is 23.3 Å². The molecular formula is C18H17FN4O2. The van der Waals surface area contributed by atoms with Gasteiger partial charge in [0, 0.05) is 29.6 Å². The Morgan fingerprint density at radius 3 is 2.88 bits per heavy atom. The Kier molecular flexibility index (Phi) is 4.94. The fourth-order valence-electron chi connectivity index (χ4n) is 2.37. The van der Waals surface area contributed by atoms with Gasteiger partial charge in [0.1, 0.15) is 11.6 Å². The van der Waals surface area contributed by atoms with Crippen molar-refractivity contribution in [1.82, 2.24) is 15.5 Å². The van der Waals surface area contributed by atoms with Crippen molar-refractivity contribution < 1.29 is 13.9 Å². The van der Waals surface area contributed by atoms with E-state index in [0.29, 0.717) is 23.4 Å². The number of urea groups is 1. The summed E-state index contributed by atoms with van der Waals surface area (Å²) in [6, 6.07) is 11.5. The summed E-state index contributed by atoms with van der Waals surface area (Å²) in [5.41, 5.74) is 2.33. The number of benzene rings is 2. The highest BCUT2D eigenvalue weighted by Gasteiger charge is 2.09. The zero-order chi connectivity index (χ0) is 17.6. The van der Waals surface area contributed by atoms with Gasteiger partial charge in [-0.2, -0.15) is 5.10 Å². The first-order chi connectivity index (χ1) is 12.2. The van der Waals surface area contributed by atoms with E-state index in [1.807, 2.05) is 24.3 Å². The second kappa shape index (κ2) is 7.48. The van der Waals surface area contributed by atoms with Crippen LogP contribution in [-0.2, 0) is 6.54 Å². The molecular weight excluding hydrogens is 323 g/mol. The van der Waals surface area contributed by atoms with Gasteiger partial charge in [0.05, 0.1) is 13.3 Å². The summed E-state index contributed by atoms with van der Waals surface area (Å²) in [4.78, 5) is 12.0. The number of aromatic nitrogens is 2. The van der Waals surface area contributed by atoms with Crippen LogP contribution in [0.3, 0.4) is 0 Å². The van der Waals surface area contributed by atoms with Crippen molar-refractivity contribution in [2.45, 2.75) is 6.54 Å². The molecule has 128 valence electrons. The number of rotatable bonds is 5. The fraction of sp³-hybridized carbons (Fsp3) is 0.111. The lowest BCUT2D eigenvalue weighted by atomic mass is 10.1. The third-order valence-electron chi connectivity index (χ3n) is 3.62. The van der Waals surface area contributed by atoms with E-state index in [0.717, 1.165) is 11.3 Å². The zero-order valence-corrected chi connectivity index (χ0v) is 13.5. The third-order valence-corrected chi connectivity index (χ3v) is 3.62. The summed E-state index contributed by atoms with van der Waals surface area (Å²) in [5, 5.41) is 11.8. The van der Waals surface area contributed by atoms with Gasteiger partial charge in [-0.05, 0) is 35.9 Å². The van der Waals surface area contributed by atoms with E-state index < -0.39 is 11.8 Å². The Morgan fingerprint density at radius 2 is 2.16 bits per heavy atom. The Morgan fingerprint density at radius 1 is 1.28 bits per heavy atom. The first kappa shape index (κ1) is 16.5. The fourth-order valence-corrected chi connectivity index (χ4v) is 2.37. The molecule has 6 nitrogen and oxygen atoms in total. The summed E-state index contributed by atoms with van der Waals surface area (Å²) in [6.07, 6.45) is 3.14. The number of halogens is 1. The van der Waals surface area contributed by atoms with Crippen LogP contribution in [0, 0.1) is 5.82 Å². The van der Waals surface area contributed by atoms with E-state index in [2.05, 4.69) is 20.8 Å². The Hall–Kier alpha value is -3.35. The average molecular weight is 340 g/mol. The predicted octanol–water partition coefficient (Wildman–Crippen LogP) is 3.55. The minimum absolute atomic E-state index is 0.332. The summed E-state index contributed by atoms with van der Waals surface area (Å²) in [6.45, 7) is 0.332. The number of aromatic amines is 1. The smallest absolute Gasteiger partial charge is 0.319 e. The zero-order valence-electron chi connectivity index (χ0n) is 13.5. The number of carbonyl (C=O) groups is 1. The number of nitrogens with one attached hydrogen (secondary N) is 3. The van der Waals surface area contributed by atoms with Gasteiger partial charge in [-0.1, -0.05) is 12.1 Å². The van der Waals surface area contributed by atoms with Gasteiger partial charge in [0.15, 0.2) is 0 Å². The van der Waals surface area contributed by atoms with Gasteiger partial charge in [-0.3, -0.25) is 5.10 Å². The van der Waals surface area contributed by atoms with Crippen LogP contribution in [0.1, 0.15) is 5.56 Å². The molecule has 2 amide bonds. The van der Waals surface area contributed by atoms with Gasteiger partial charge in [-0.25, -0.2) is 9.18 Å². The largest absolute Gasteiger partial charge is 0.497 e. The highest BCUT2D eigenvalue weighted by molar-refractivity contribution is 5.89. The molecule has 1 aromatic heterocycles. The molecule has 0 aliphatic carbocycles. The molecule has 0 radical (unpaired) electrons. The number of methoxy groups -OCH3 is 1. The van der Waals surface area contributed by atoms with Gasteiger partial charge in [-0.15, -0.1) is 0 Å². The Bertz CT molecular complexity index is 865. The number of anilines is 1. The normalized spacial score (nSPS) is 10.3. The molecule has 3 rings (SSSR count). The summed E-state index contributed by atoms with van der Waals surface area (Å²) in [7, 11) is 1.58. The number of nitrogens with zero attached hydrogens (tertiary/aromatic N) is 1. The van der Waals surface area contributed by atoms with Crippen molar-refractivity contribution in [3.8, 4) is 16.9 Å². The second-order valence-corrected chi connectivity index (χ2v) is 5.34. The van der Waals surface area contributed by atoms with E-state index >= 15 is 0 Å². The SMILES string of the molecule is COc1cccc(CNC(=O)Nc2ccc(-c3cn[nH]c3)c(F)c2)c1. The van der Waals surface area contributed by atoms with E-state index in [-0.39, 0.29) is 0 Å². The lowest BCUT2D eigenvalue weighted by Gasteiger charge is -2.09. The van der Waals surface area contributed by atoms with Crippen LogP contribution >= 0.6 is 0 Å². The minimum atomic E-state index is -0.438. The van der Waals surface area contributed by atoms with Crippen LogP contribution in [0.25, 0.3) is 11.1 Å². The van der Waals surface area contributed by atoms with Crippen molar-refractivity contribution in [3.63, 3.8) is 0 Å². The Labute approximate surface area is 144 Å². The van der Waals surface area contributed by atoms with Crippen molar-refractivity contribution >= 4 is 11.7 Å². The molecule has 3 aromatic rings. The standard InChI is InChI=1S/C18H17FN4O2/c1-25-15-4-2-3-12(7-15)9-20-18(24)23-14-5-6-16(17(19)8-14)13-10-21-22-11-13/h2-8,10-11H,9H2,1H3,(H,21,22)(H2,20,23,24). The number of hydrogen-bond acceptors (Lipinski definition) is 3. The molecule has 0 aliphatic heterocycles. The third kappa shape index (κ3) is 4.14. The topological polar surface area (TPSA) is 79.0 Å². The first-order valence-electron chi connectivity index (χ1n) is 7.62. The number of carbonyl (C=O) groups excluding carboxylic acids is 1. The molecule has 25 heavy (non-hydrogen) atoms. The van der Waals surface area contributed by atoms with Crippen molar-refractivity contribution in [2.75, 3.05) is 12.4 Å².